The topological polar surface area (TPSA) is 98.2 Å². The van der Waals surface area contributed by atoms with E-state index in [1.165, 1.54) is 12.8 Å². The molecule has 0 aliphatic heterocycles. The number of hydrogen-bond acceptors (Lipinski definition) is 7. The van der Waals surface area contributed by atoms with Gasteiger partial charge in [-0.05, 0) is 78.6 Å². The minimum absolute atomic E-state index is 0.0578. The van der Waals surface area contributed by atoms with E-state index < -0.39 is 0 Å². The summed E-state index contributed by atoms with van der Waals surface area (Å²) in [6.07, 6.45) is 5.40. The van der Waals surface area contributed by atoms with E-state index in [1.807, 2.05) is 48.0 Å². The van der Waals surface area contributed by atoms with Crippen LogP contribution in [0.15, 0.2) is 53.3 Å². The number of methoxy groups -OCH3 is 1. The fourth-order valence-corrected chi connectivity index (χ4v) is 5.50. The van der Waals surface area contributed by atoms with Crippen LogP contribution in [0.4, 0.5) is 0 Å². The minimum atomic E-state index is -0.0911. The largest absolute Gasteiger partial charge is 0.497 e. The SMILES string of the molecule is CCOc1ccc2[nH]c(=O)c(CN(Cc3ccc(OC)cc3)[C@@H](CC)c3nnnn3C3CCCC3)cc2c1. The molecule has 0 unspecified atom stereocenters. The van der Waals surface area contributed by atoms with Gasteiger partial charge in [-0.2, -0.15) is 0 Å². The fraction of sp³-hybridized carbons (Fsp3) is 0.448. The fourth-order valence-electron chi connectivity index (χ4n) is 5.50. The molecule has 2 aromatic heterocycles. The van der Waals surface area contributed by atoms with E-state index in [2.05, 4.69) is 44.5 Å². The third-order valence-electron chi connectivity index (χ3n) is 7.44. The predicted molar refractivity (Wildman–Crippen MR) is 146 cm³/mol. The standard InChI is InChI=1S/C29H36N6O3/c1-4-27(28-31-32-33-35(28)23-8-6-7-9-23)34(18-20-10-12-24(37-3)13-11-20)19-22-16-21-17-25(38-5-2)14-15-26(21)30-29(22)36/h10-17,23,27H,4-9,18-19H2,1-3H3,(H,30,36)/t27-/m0/s1. The van der Waals surface area contributed by atoms with Gasteiger partial charge in [-0.15, -0.1) is 5.10 Å². The number of benzene rings is 2. The summed E-state index contributed by atoms with van der Waals surface area (Å²) in [7, 11) is 1.67. The molecule has 38 heavy (non-hydrogen) atoms. The van der Waals surface area contributed by atoms with Gasteiger partial charge in [0.2, 0.25) is 0 Å². The Hall–Kier alpha value is -3.72. The van der Waals surface area contributed by atoms with Gasteiger partial charge in [-0.1, -0.05) is 31.9 Å². The third-order valence-corrected chi connectivity index (χ3v) is 7.44. The lowest BCUT2D eigenvalue weighted by atomic mass is 10.1. The molecule has 1 fully saturated rings. The van der Waals surface area contributed by atoms with Gasteiger partial charge in [0.15, 0.2) is 5.82 Å². The average molecular weight is 517 g/mol. The van der Waals surface area contributed by atoms with Crippen molar-refractivity contribution < 1.29 is 9.47 Å². The second kappa shape index (κ2) is 11.8. The number of pyridine rings is 1. The third kappa shape index (κ3) is 5.57. The Morgan fingerprint density at radius 3 is 2.53 bits per heavy atom. The maximum atomic E-state index is 13.2. The van der Waals surface area contributed by atoms with Crippen LogP contribution < -0.4 is 15.0 Å². The van der Waals surface area contributed by atoms with Crippen LogP contribution in [0.2, 0.25) is 0 Å². The van der Waals surface area contributed by atoms with Crippen molar-refractivity contribution in [3.63, 3.8) is 0 Å². The predicted octanol–water partition coefficient (Wildman–Crippen LogP) is 5.19. The lowest BCUT2D eigenvalue weighted by Crippen LogP contribution is -2.32. The van der Waals surface area contributed by atoms with Gasteiger partial charge in [0.05, 0.1) is 25.8 Å². The Bertz CT molecular complexity index is 1410. The highest BCUT2D eigenvalue weighted by Crippen LogP contribution is 2.33. The molecule has 200 valence electrons. The molecule has 1 atom stereocenters. The Morgan fingerprint density at radius 1 is 1.05 bits per heavy atom. The van der Waals surface area contributed by atoms with Gasteiger partial charge in [0.1, 0.15) is 11.5 Å². The summed E-state index contributed by atoms with van der Waals surface area (Å²) in [5, 5.41) is 13.9. The molecule has 0 amide bonds. The second-order valence-electron chi connectivity index (χ2n) is 9.90. The molecular weight excluding hydrogens is 480 g/mol. The number of nitrogens with one attached hydrogen (secondary N) is 1. The molecule has 1 N–H and O–H groups in total. The first-order valence-corrected chi connectivity index (χ1v) is 13.5. The van der Waals surface area contributed by atoms with Crippen LogP contribution >= 0.6 is 0 Å². The molecule has 4 aromatic rings. The smallest absolute Gasteiger partial charge is 0.252 e. The van der Waals surface area contributed by atoms with Crippen LogP contribution in [0.1, 0.15) is 75.0 Å². The first-order chi connectivity index (χ1) is 18.6. The lowest BCUT2D eigenvalue weighted by molar-refractivity contribution is 0.158. The van der Waals surface area contributed by atoms with Crippen molar-refractivity contribution in [2.75, 3.05) is 13.7 Å². The summed E-state index contributed by atoms with van der Waals surface area (Å²) in [4.78, 5) is 18.6. The maximum absolute atomic E-state index is 13.2. The molecule has 0 saturated heterocycles. The number of H-pyrrole nitrogens is 1. The van der Waals surface area contributed by atoms with Crippen molar-refractivity contribution >= 4 is 10.9 Å². The highest BCUT2D eigenvalue weighted by molar-refractivity contribution is 5.80. The number of nitrogens with zero attached hydrogens (tertiary/aromatic N) is 5. The Labute approximate surface area is 222 Å². The zero-order chi connectivity index (χ0) is 26.5. The van der Waals surface area contributed by atoms with E-state index in [1.54, 1.807) is 7.11 Å². The number of ether oxygens (including phenoxy) is 2. The van der Waals surface area contributed by atoms with Crippen LogP contribution in [-0.2, 0) is 13.1 Å². The first-order valence-electron chi connectivity index (χ1n) is 13.5. The van der Waals surface area contributed by atoms with Crippen molar-refractivity contribution in [2.45, 2.75) is 71.1 Å². The van der Waals surface area contributed by atoms with Crippen molar-refractivity contribution in [1.82, 2.24) is 30.1 Å². The maximum Gasteiger partial charge on any atom is 0.252 e. The molecule has 2 heterocycles. The summed E-state index contributed by atoms with van der Waals surface area (Å²) in [5.74, 6) is 2.47. The van der Waals surface area contributed by atoms with Gasteiger partial charge in [0, 0.05) is 29.6 Å². The van der Waals surface area contributed by atoms with E-state index >= 15 is 0 Å². The van der Waals surface area contributed by atoms with Crippen molar-refractivity contribution in [1.29, 1.82) is 0 Å². The van der Waals surface area contributed by atoms with Crippen molar-refractivity contribution in [2.24, 2.45) is 0 Å². The molecule has 9 heteroatoms. The van der Waals surface area contributed by atoms with Crippen LogP contribution in [0, 0.1) is 0 Å². The zero-order valence-corrected chi connectivity index (χ0v) is 22.4. The van der Waals surface area contributed by atoms with Gasteiger partial charge < -0.3 is 14.5 Å². The number of tetrazole rings is 1. The van der Waals surface area contributed by atoms with Crippen LogP contribution in [0.3, 0.4) is 0 Å². The van der Waals surface area contributed by atoms with Gasteiger partial charge in [-0.25, -0.2) is 4.68 Å². The molecule has 9 nitrogen and oxygen atoms in total. The lowest BCUT2D eigenvalue weighted by Gasteiger charge is -2.31. The van der Waals surface area contributed by atoms with Crippen molar-refractivity contribution in [3.05, 3.63) is 75.8 Å². The molecule has 1 aliphatic rings. The molecule has 0 spiro atoms. The zero-order valence-electron chi connectivity index (χ0n) is 22.4. The Balaban J connectivity index is 1.52. The summed E-state index contributed by atoms with van der Waals surface area (Å²) in [6, 6.07) is 16.1. The summed E-state index contributed by atoms with van der Waals surface area (Å²) < 4.78 is 13.1. The quantitative estimate of drug-likeness (QED) is 0.293. The summed E-state index contributed by atoms with van der Waals surface area (Å²) in [6.45, 7) is 5.79. The van der Waals surface area contributed by atoms with E-state index in [-0.39, 0.29) is 11.6 Å². The normalized spacial score (nSPS) is 14.8. The van der Waals surface area contributed by atoms with Gasteiger partial charge in [0.25, 0.3) is 5.56 Å². The van der Waals surface area contributed by atoms with Gasteiger partial charge in [-0.3, -0.25) is 9.69 Å². The molecule has 2 aromatic carbocycles. The Kier molecular flexibility index (Phi) is 8.03. The highest BCUT2D eigenvalue weighted by Gasteiger charge is 2.29. The molecule has 1 saturated carbocycles. The second-order valence-corrected chi connectivity index (χ2v) is 9.90. The van der Waals surface area contributed by atoms with Crippen LogP contribution in [0.5, 0.6) is 11.5 Å². The summed E-state index contributed by atoms with van der Waals surface area (Å²) >= 11 is 0. The molecule has 0 bridgehead atoms. The molecular formula is C29H36N6O3. The van der Waals surface area contributed by atoms with E-state index in [4.69, 9.17) is 9.47 Å². The molecule has 5 rings (SSSR count). The number of fused-ring (bicyclic) bond motifs is 1. The van der Waals surface area contributed by atoms with E-state index in [9.17, 15) is 4.79 Å². The average Bonchev–Trinajstić information content (AvgIpc) is 3.63. The Morgan fingerprint density at radius 2 is 1.82 bits per heavy atom. The van der Waals surface area contributed by atoms with Crippen LogP contribution in [-0.4, -0.2) is 43.8 Å². The highest BCUT2D eigenvalue weighted by atomic mass is 16.5. The molecule has 0 radical (unpaired) electrons. The molecule has 1 aliphatic carbocycles. The van der Waals surface area contributed by atoms with E-state index in [0.29, 0.717) is 31.3 Å². The number of aromatic amines is 1. The first kappa shape index (κ1) is 25.9. The van der Waals surface area contributed by atoms with Crippen LogP contribution in [0.25, 0.3) is 10.9 Å². The van der Waals surface area contributed by atoms with E-state index in [0.717, 1.165) is 53.1 Å². The number of hydrogen-bond donors (Lipinski definition) is 1. The number of rotatable bonds is 11. The van der Waals surface area contributed by atoms with Gasteiger partial charge >= 0.3 is 0 Å². The van der Waals surface area contributed by atoms with Crippen molar-refractivity contribution in [3.8, 4) is 11.5 Å². The monoisotopic (exact) mass is 516 g/mol. The minimum Gasteiger partial charge on any atom is -0.497 e. The summed E-state index contributed by atoms with van der Waals surface area (Å²) in [5.41, 5.74) is 2.52. The number of aromatic nitrogens is 5.